The summed E-state index contributed by atoms with van der Waals surface area (Å²) in [6.07, 6.45) is 1.03. The highest BCUT2D eigenvalue weighted by Gasteiger charge is 2.16. The van der Waals surface area contributed by atoms with Gasteiger partial charge in [-0.2, -0.15) is 0 Å². The molecule has 0 saturated heterocycles. The average molecular weight is 299 g/mol. The molecule has 20 heavy (non-hydrogen) atoms. The Bertz CT molecular complexity index is 386. The van der Waals surface area contributed by atoms with Crippen LogP contribution in [0.1, 0.15) is 31.9 Å². The number of hydrogen-bond donors (Lipinski definition) is 1. The van der Waals surface area contributed by atoms with Gasteiger partial charge in [0.15, 0.2) is 0 Å². The molecule has 0 aromatic heterocycles. The summed E-state index contributed by atoms with van der Waals surface area (Å²) in [7, 11) is 3.74. The lowest BCUT2D eigenvalue weighted by atomic mass is 10.0. The lowest BCUT2D eigenvalue weighted by Gasteiger charge is -2.29. The van der Waals surface area contributed by atoms with Crippen LogP contribution in [0.5, 0.6) is 0 Å². The predicted molar refractivity (Wildman–Crippen MR) is 86.5 cm³/mol. The van der Waals surface area contributed by atoms with E-state index in [9.17, 15) is 0 Å². The first kappa shape index (κ1) is 17.4. The molecular formula is C16H27ClN2O. The Labute approximate surface area is 128 Å². The molecule has 114 valence electrons. The molecule has 1 N–H and O–H groups in total. The number of likely N-dealkylation sites (N-methyl/N-ethyl adjacent to an activating group) is 1. The Balaban J connectivity index is 2.63. The topological polar surface area (TPSA) is 24.5 Å². The van der Waals surface area contributed by atoms with E-state index in [2.05, 4.69) is 30.1 Å². The van der Waals surface area contributed by atoms with Crippen molar-refractivity contribution in [2.24, 2.45) is 0 Å². The highest BCUT2D eigenvalue weighted by Crippen LogP contribution is 2.25. The number of halogens is 1. The number of benzene rings is 1. The Morgan fingerprint density at radius 1 is 1.35 bits per heavy atom. The Kier molecular flexibility index (Phi) is 8.15. The zero-order valence-electron chi connectivity index (χ0n) is 13.0. The molecule has 0 spiro atoms. The molecule has 1 aromatic carbocycles. The van der Waals surface area contributed by atoms with Crippen molar-refractivity contribution < 1.29 is 4.74 Å². The van der Waals surface area contributed by atoms with Gasteiger partial charge in [0.05, 0.1) is 6.61 Å². The van der Waals surface area contributed by atoms with Crippen molar-refractivity contribution in [1.29, 1.82) is 0 Å². The van der Waals surface area contributed by atoms with Gasteiger partial charge in [-0.05, 0) is 38.6 Å². The number of nitrogens with one attached hydrogen (secondary N) is 1. The third-order valence-electron chi connectivity index (χ3n) is 3.77. The summed E-state index contributed by atoms with van der Waals surface area (Å²) in [5.74, 6) is 0. The maximum Gasteiger partial charge on any atom is 0.0615 e. The molecular weight excluding hydrogens is 272 g/mol. The van der Waals surface area contributed by atoms with E-state index in [0.717, 1.165) is 31.1 Å². The van der Waals surface area contributed by atoms with Gasteiger partial charge >= 0.3 is 0 Å². The van der Waals surface area contributed by atoms with Crippen LogP contribution in [0.3, 0.4) is 0 Å². The van der Waals surface area contributed by atoms with Gasteiger partial charge < -0.3 is 10.1 Å². The molecule has 2 atom stereocenters. The van der Waals surface area contributed by atoms with E-state index in [1.807, 2.05) is 25.2 Å². The third kappa shape index (κ3) is 5.06. The summed E-state index contributed by atoms with van der Waals surface area (Å²) in [6, 6.07) is 8.78. The van der Waals surface area contributed by atoms with E-state index >= 15 is 0 Å². The van der Waals surface area contributed by atoms with Crippen molar-refractivity contribution >= 4 is 11.6 Å². The molecule has 0 bridgehead atoms. The van der Waals surface area contributed by atoms with Gasteiger partial charge in [-0.15, -0.1) is 0 Å². The van der Waals surface area contributed by atoms with Crippen molar-refractivity contribution in [3.63, 3.8) is 0 Å². The monoisotopic (exact) mass is 298 g/mol. The molecule has 1 rings (SSSR count). The highest BCUT2D eigenvalue weighted by atomic mass is 35.5. The molecule has 0 fully saturated rings. The molecule has 4 heteroatoms. The highest BCUT2D eigenvalue weighted by molar-refractivity contribution is 6.31. The molecule has 3 nitrogen and oxygen atoms in total. The fourth-order valence-electron chi connectivity index (χ4n) is 2.54. The lowest BCUT2D eigenvalue weighted by Crippen LogP contribution is -2.38. The second-order valence-electron chi connectivity index (χ2n) is 5.08. The molecule has 0 aliphatic rings. The van der Waals surface area contributed by atoms with Crippen LogP contribution < -0.4 is 5.32 Å². The van der Waals surface area contributed by atoms with Gasteiger partial charge in [0.1, 0.15) is 0 Å². The number of methoxy groups -OCH3 is 1. The summed E-state index contributed by atoms with van der Waals surface area (Å²) < 4.78 is 5.24. The number of rotatable bonds is 9. The Morgan fingerprint density at radius 3 is 2.60 bits per heavy atom. The maximum absolute atomic E-state index is 6.29. The van der Waals surface area contributed by atoms with Crippen LogP contribution in [0.2, 0.25) is 5.02 Å². The van der Waals surface area contributed by atoms with Crippen LogP contribution in [0.25, 0.3) is 0 Å². The predicted octanol–water partition coefficient (Wildman–Crippen LogP) is 3.35. The second-order valence-corrected chi connectivity index (χ2v) is 5.49. The molecule has 0 radical (unpaired) electrons. The van der Waals surface area contributed by atoms with Crippen molar-refractivity contribution in [3.8, 4) is 0 Å². The van der Waals surface area contributed by atoms with Crippen LogP contribution in [-0.2, 0) is 4.74 Å². The van der Waals surface area contributed by atoms with E-state index in [-0.39, 0.29) is 6.04 Å². The van der Waals surface area contributed by atoms with Crippen molar-refractivity contribution in [2.75, 3.05) is 33.9 Å². The quantitative estimate of drug-likeness (QED) is 0.757. The Hall–Kier alpha value is -0.610. The average Bonchev–Trinajstić information content (AvgIpc) is 2.45. The van der Waals surface area contributed by atoms with Gasteiger partial charge in [-0.1, -0.05) is 36.7 Å². The third-order valence-corrected chi connectivity index (χ3v) is 4.12. The van der Waals surface area contributed by atoms with Crippen LogP contribution in [0.4, 0.5) is 0 Å². The standard InChI is InChI=1S/C16H27ClN2O/c1-5-19(13(2)12-20-4)11-10-16(18-3)14-8-6-7-9-15(14)17/h6-9,13,16,18H,5,10-12H2,1-4H3. The summed E-state index contributed by atoms with van der Waals surface area (Å²) in [5.41, 5.74) is 1.17. The SMILES string of the molecule is CCN(CCC(NC)c1ccccc1Cl)C(C)COC. The fraction of sp³-hybridized carbons (Fsp3) is 0.625. The minimum atomic E-state index is 0.285. The molecule has 0 saturated carbocycles. The van der Waals surface area contributed by atoms with Gasteiger partial charge in [0, 0.05) is 30.8 Å². The van der Waals surface area contributed by atoms with Crippen molar-refractivity contribution in [2.45, 2.75) is 32.4 Å². The van der Waals surface area contributed by atoms with Gasteiger partial charge in [0.2, 0.25) is 0 Å². The summed E-state index contributed by atoms with van der Waals surface area (Å²) >= 11 is 6.29. The first-order valence-corrected chi connectivity index (χ1v) is 7.66. The zero-order chi connectivity index (χ0) is 15.0. The molecule has 0 heterocycles. The maximum atomic E-state index is 6.29. The largest absolute Gasteiger partial charge is 0.383 e. The van der Waals surface area contributed by atoms with E-state index in [1.165, 1.54) is 5.56 Å². The van der Waals surface area contributed by atoms with Crippen LogP contribution in [-0.4, -0.2) is 44.8 Å². The van der Waals surface area contributed by atoms with E-state index in [4.69, 9.17) is 16.3 Å². The molecule has 2 unspecified atom stereocenters. The summed E-state index contributed by atoms with van der Waals surface area (Å²) in [4.78, 5) is 2.44. The minimum Gasteiger partial charge on any atom is -0.383 e. The van der Waals surface area contributed by atoms with E-state index in [1.54, 1.807) is 7.11 Å². The zero-order valence-corrected chi connectivity index (χ0v) is 13.8. The van der Waals surface area contributed by atoms with Gasteiger partial charge in [-0.25, -0.2) is 0 Å². The molecule has 0 amide bonds. The number of hydrogen-bond acceptors (Lipinski definition) is 3. The van der Waals surface area contributed by atoms with Crippen LogP contribution in [0.15, 0.2) is 24.3 Å². The smallest absolute Gasteiger partial charge is 0.0615 e. The van der Waals surface area contributed by atoms with Crippen LogP contribution >= 0.6 is 11.6 Å². The molecule has 0 aliphatic carbocycles. The van der Waals surface area contributed by atoms with E-state index < -0.39 is 0 Å². The van der Waals surface area contributed by atoms with E-state index in [0.29, 0.717) is 6.04 Å². The number of ether oxygens (including phenoxy) is 1. The van der Waals surface area contributed by atoms with Crippen LogP contribution in [0, 0.1) is 0 Å². The first-order chi connectivity index (χ1) is 9.63. The fourth-order valence-corrected chi connectivity index (χ4v) is 2.81. The first-order valence-electron chi connectivity index (χ1n) is 7.28. The van der Waals surface area contributed by atoms with Crippen molar-refractivity contribution in [3.05, 3.63) is 34.9 Å². The Morgan fingerprint density at radius 2 is 2.05 bits per heavy atom. The summed E-state index contributed by atoms with van der Waals surface area (Å²) in [6.45, 7) is 7.22. The summed E-state index contributed by atoms with van der Waals surface area (Å²) in [5, 5.41) is 4.20. The normalized spacial score (nSPS) is 14.5. The second kappa shape index (κ2) is 9.35. The number of nitrogens with zero attached hydrogens (tertiary/aromatic N) is 1. The lowest BCUT2D eigenvalue weighted by molar-refractivity contribution is 0.0998. The van der Waals surface area contributed by atoms with Gasteiger partial charge in [0.25, 0.3) is 0 Å². The minimum absolute atomic E-state index is 0.285. The van der Waals surface area contributed by atoms with Crippen molar-refractivity contribution in [1.82, 2.24) is 10.2 Å². The molecule has 1 aromatic rings. The molecule has 0 aliphatic heterocycles. The van der Waals surface area contributed by atoms with Gasteiger partial charge in [-0.3, -0.25) is 4.90 Å².